The van der Waals surface area contributed by atoms with E-state index in [-0.39, 0.29) is 24.1 Å². The van der Waals surface area contributed by atoms with Crippen LogP contribution in [0.25, 0.3) is 0 Å². The molecule has 0 aliphatic carbocycles. The molecule has 2 saturated heterocycles. The standard InChI is InChI=1S/C33H45Cl2N3O3/c1-5-6-7-29-23-37(31(25-8-12-27(34)13-9-25)26-10-14-28(35)15-11-26)20-21-38(29)30(39)22-24-16-18-36(19-17-24)32(40)41-33(2,3)4/h8-15,24,29,31H,5-7,16-23H2,1-4H3/t29-/m0/s1. The van der Waals surface area contributed by atoms with Crippen molar-refractivity contribution in [1.29, 1.82) is 0 Å². The number of piperidine rings is 1. The highest BCUT2D eigenvalue weighted by Gasteiger charge is 2.36. The number of piperazine rings is 1. The number of halogens is 2. The van der Waals surface area contributed by atoms with E-state index < -0.39 is 5.60 Å². The van der Waals surface area contributed by atoms with E-state index in [4.69, 9.17) is 27.9 Å². The third kappa shape index (κ3) is 8.86. The number of hydrogen-bond acceptors (Lipinski definition) is 4. The molecule has 224 valence electrons. The lowest BCUT2D eigenvalue weighted by Gasteiger charge is -2.45. The molecule has 0 N–H and O–H groups in total. The summed E-state index contributed by atoms with van der Waals surface area (Å²) in [6.07, 6.45) is 5.13. The Bertz CT molecular complexity index is 1100. The molecule has 2 amide bonds. The summed E-state index contributed by atoms with van der Waals surface area (Å²) in [5, 5.41) is 1.44. The molecule has 0 aromatic heterocycles. The Kier molecular flexibility index (Phi) is 11.0. The molecule has 2 aromatic carbocycles. The van der Waals surface area contributed by atoms with Crippen molar-refractivity contribution in [2.45, 2.75) is 83.9 Å². The maximum absolute atomic E-state index is 13.7. The summed E-state index contributed by atoms with van der Waals surface area (Å²) in [7, 11) is 0. The van der Waals surface area contributed by atoms with Gasteiger partial charge < -0.3 is 14.5 Å². The van der Waals surface area contributed by atoms with Gasteiger partial charge in [0, 0.05) is 55.2 Å². The summed E-state index contributed by atoms with van der Waals surface area (Å²) in [6.45, 7) is 11.5. The first-order valence-electron chi connectivity index (χ1n) is 15.1. The lowest BCUT2D eigenvalue weighted by Crippen LogP contribution is -2.56. The first-order chi connectivity index (χ1) is 19.5. The van der Waals surface area contributed by atoms with Gasteiger partial charge in [0.25, 0.3) is 0 Å². The molecule has 2 aliphatic heterocycles. The molecule has 2 heterocycles. The average molecular weight is 603 g/mol. The SMILES string of the molecule is CCCC[C@H]1CN(C(c2ccc(Cl)cc2)c2ccc(Cl)cc2)CCN1C(=O)CC1CCN(C(=O)OC(C)(C)C)CC1. The number of nitrogens with zero attached hydrogens (tertiary/aromatic N) is 3. The summed E-state index contributed by atoms with van der Waals surface area (Å²) < 4.78 is 5.54. The quantitative estimate of drug-likeness (QED) is 0.309. The first-order valence-corrected chi connectivity index (χ1v) is 15.8. The highest BCUT2D eigenvalue weighted by Crippen LogP contribution is 2.34. The number of carbonyl (C=O) groups excluding carboxylic acids is 2. The molecule has 2 fully saturated rings. The minimum absolute atomic E-state index is 0.0584. The predicted molar refractivity (Wildman–Crippen MR) is 166 cm³/mol. The van der Waals surface area contributed by atoms with Crippen LogP contribution in [0, 0.1) is 5.92 Å². The van der Waals surface area contributed by atoms with Crippen molar-refractivity contribution in [2.24, 2.45) is 5.92 Å². The van der Waals surface area contributed by atoms with E-state index in [2.05, 4.69) is 41.0 Å². The Hall–Kier alpha value is -2.28. The smallest absolute Gasteiger partial charge is 0.410 e. The molecule has 0 saturated carbocycles. The summed E-state index contributed by atoms with van der Waals surface area (Å²) in [5.74, 6) is 0.540. The number of likely N-dealkylation sites (tertiary alicyclic amines) is 1. The van der Waals surface area contributed by atoms with Gasteiger partial charge in [-0.15, -0.1) is 0 Å². The van der Waals surface area contributed by atoms with Crippen molar-refractivity contribution in [3.05, 3.63) is 69.7 Å². The van der Waals surface area contributed by atoms with Crippen LogP contribution in [0.4, 0.5) is 4.79 Å². The fourth-order valence-electron chi connectivity index (χ4n) is 6.04. The molecule has 8 heteroatoms. The van der Waals surface area contributed by atoms with Gasteiger partial charge in [-0.2, -0.15) is 0 Å². The zero-order valence-corrected chi connectivity index (χ0v) is 26.5. The van der Waals surface area contributed by atoms with Crippen LogP contribution in [0.3, 0.4) is 0 Å². The van der Waals surface area contributed by atoms with Gasteiger partial charge in [-0.25, -0.2) is 4.79 Å². The molecular formula is C33H45Cl2N3O3. The lowest BCUT2D eigenvalue weighted by atomic mass is 9.91. The van der Waals surface area contributed by atoms with Crippen molar-refractivity contribution < 1.29 is 14.3 Å². The fourth-order valence-corrected chi connectivity index (χ4v) is 6.30. The van der Waals surface area contributed by atoms with Gasteiger partial charge in [0.1, 0.15) is 5.60 Å². The van der Waals surface area contributed by atoms with Gasteiger partial charge >= 0.3 is 6.09 Å². The summed E-state index contributed by atoms with van der Waals surface area (Å²) in [5.41, 5.74) is 1.87. The maximum Gasteiger partial charge on any atom is 0.410 e. The van der Waals surface area contributed by atoms with Crippen molar-refractivity contribution in [3.63, 3.8) is 0 Å². The van der Waals surface area contributed by atoms with E-state index in [1.54, 1.807) is 4.90 Å². The molecule has 2 aromatic rings. The van der Waals surface area contributed by atoms with Crippen molar-refractivity contribution >= 4 is 35.2 Å². The number of ether oxygens (including phenoxy) is 1. The molecule has 41 heavy (non-hydrogen) atoms. The third-order valence-corrected chi connectivity index (χ3v) is 8.70. The van der Waals surface area contributed by atoms with E-state index in [9.17, 15) is 9.59 Å². The molecule has 0 spiro atoms. The van der Waals surface area contributed by atoms with Crippen molar-refractivity contribution in [2.75, 3.05) is 32.7 Å². The zero-order chi connectivity index (χ0) is 29.6. The fraction of sp³-hybridized carbons (Fsp3) is 0.576. The van der Waals surface area contributed by atoms with E-state index in [0.29, 0.717) is 32.0 Å². The Morgan fingerprint density at radius 3 is 1.98 bits per heavy atom. The normalized spacial score (nSPS) is 19.0. The Morgan fingerprint density at radius 2 is 1.46 bits per heavy atom. The summed E-state index contributed by atoms with van der Waals surface area (Å²) in [4.78, 5) is 32.6. The highest BCUT2D eigenvalue weighted by atomic mass is 35.5. The largest absolute Gasteiger partial charge is 0.444 e. The number of amides is 2. The van der Waals surface area contributed by atoms with Gasteiger partial charge in [-0.3, -0.25) is 9.69 Å². The van der Waals surface area contributed by atoms with E-state index in [0.717, 1.165) is 55.2 Å². The predicted octanol–water partition coefficient (Wildman–Crippen LogP) is 7.82. The van der Waals surface area contributed by atoms with Crippen LogP contribution in [0.15, 0.2) is 48.5 Å². The number of hydrogen-bond donors (Lipinski definition) is 0. The summed E-state index contributed by atoms with van der Waals surface area (Å²) >= 11 is 12.5. The maximum atomic E-state index is 13.7. The zero-order valence-electron chi connectivity index (χ0n) is 25.0. The van der Waals surface area contributed by atoms with E-state index in [1.807, 2.05) is 45.0 Å². The lowest BCUT2D eigenvalue weighted by molar-refractivity contribution is -0.138. The minimum atomic E-state index is -0.500. The van der Waals surface area contributed by atoms with Gasteiger partial charge in [-0.05, 0) is 81.3 Å². The van der Waals surface area contributed by atoms with Crippen LogP contribution in [-0.2, 0) is 9.53 Å². The number of rotatable bonds is 8. The Labute approximate surface area is 255 Å². The molecular weight excluding hydrogens is 557 g/mol. The second-order valence-electron chi connectivity index (χ2n) is 12.5. The van der Waals surface area contributed by atoms with Crippen molar-refractivity contribution in [3.8, 4) is 0 Å². The Morgan fingerprint density at radius 1 is 0.902 bits per heavy atom. The average Bonchev–Trinajstić information content (AvgIpc) is 2.93. The molecule has 0 bridgehead atoms. The van der Waals surface area contributed by atoms with Crippen LogP contribution in [0.1, 0.15) is 83.4 Å². The molecule has 1 atom stereocenters. The van der Waals surface area contributed by atoms with Crippen LogP contribution >= 0.6 is 23.2 Å². The number of carbonyl (C=O) groups is 2. The molecule has 0 unspecified atom stereocenters. The van der Waals surface area contributed by atoms with Crippen molar-refractivity contribution in [1.82, 2.24) is 14.7 Å². The highest BCUT2D eigenvalue weighted by molar-refractivity contribution is 6.30. The summed E-state index contributed by atoms with van der Waals surface area (Å²) in [6, 6.07) is 16.4. The second kappa shape index (κ2) is 14.3. The minimum Gasteiger partial charge on any atom is -0.444 e. The third-order valence-electron chi connectivity index (χ3n) is 8.19. The topological polar surface area (TPSA) is 53.1 Å². The van der Waals surface area contributed by atoms with E-state index in [1.165, 1.54) is 11.1 Å². The second-order valence-corrected chi connectivity index (χ2v) is 13.4. The molecule has 4 rings (SSSR count). The number of benzene rings is 2. The van der Waals surface area contributed by atoms with Crippen LogP contribution in [0.5, 0.6) is 0 Å². The molecule has 6 nitrogen and oxygen atoms in total. The van der Waals surface area contributed by atoms with Crippen LogP contribution in [0.2, 0.25) is 10.0 Å². The van der Waals surface area contributed by atoms with E-state index >= 15 is 0 Å². The number of unbranched alkanes of at least 4 members (excludes halogenated alkanes) is 1. The van der Waals surface area contributed by atoms with Crippen LogP contribution < -0.4 is 0 Å². The van der Waals surface area contributed by atoms with Gasteiger partial charge in [0.2, 0.25) is 5.91 Å². The first kappa shape index (κ1) is 31.7. The van der Waals surface area contributed by atoms with Gasteiger partial charge in [-0.1, -0.05) is 67.2 Å². The van der Waals surface area contributed by atoms with Crippen LogP contribution in [-0.4, -0.2) is 71.1 Å². The Balaban J connectivity index is 1.43. The molecule has 0 radical (unpaired) electrons. The van der Waals surface area contributed by atoms with Gasteiger partial charge in [0.05, 0.1) is 6.04 Å². The molecule has 2 aliphatic rings. The monoisotopic (exact) mass is 601 g/mol. The van der Waals surface area contributed by atoms with Gasteiger partial charge in [0.15, 0.2) is 0 Å².